The molecule has 1 aliphatic heterocycles. The Hall–Kier alpha value is -2.56. The predicted molar refractivity (Wildman–Crippen MR) is 109 cm³/mol. The third kappa shape index (κ3) is 4.41. The summed E-state index contributed by atoms with van der Waals surface area (Å²) in [4.78, 5) is 23.1. The molecule has 10 heteroatoms. The zero-order chi connectivity index (χ0) is 19.6. The molecule has 0 aliphatic carbocycles. The van der Waals surface area contributed by atoms with Crippen LogP contribution in [0.1, 0.15) is 11.1 Å². The minimum absolute atomic E-state index is 0.00535. The smallest absolute Gasteiger partial charge is 0.286 e. The number of hydrogen-bond acceptors (Lipinski definition) is 7. The number of thiocarbonyl (C=S) groups is 1. The molecule has 7 nitrogen and oxygen atoms in total. The van der Waals surface area contributed by atoms with Gasteiger partial charge in [0.1, 0.15) is 0 Å². The van der Waals surface area contributed by atoms with Crippen molar-refractivity contribution in [1.82, 2.24) is 5.01 Å². The lowest BCUT2D eigenvalue weighted by atomic mass is 10.2. The fourth-order valence-electron chi connectivity index (χ4n) is 2.18. The lowest BCUT2D eigenvalue weighted by Gasteiger charge is -2.10. The summed E-state index contributed by atoms with van der Waals surface area (Å²) in [6.07, 6.45) is 2.79. The first-order valence-corrected chi connectivity index (χ1v) is 9.40. The maximum absolute atomic E-state index is 12.5. The Morgan fingerprint density at radius 1 is 1.26 bits per heavy atom. The van der Waals surface area contributed by atoms with Gasteiger partial charge in [-0.25, -0.2) is 0 Å². The van der Waals surface area contributed by atoms with E-state index < -0.39 is 16.6 Å². The summed E-state index contributed by atoms with van der Waals surface area (Å²) >= 11 is 9.62. The number of amides is 1. The molecule has 0 bridgehead atoms. The van der Waals surface area contributed by atoms with E-state index in [9.17, 15) is 20.0 Å². The molecular formula is C17H9BrN3O4S2-. The Bertz CT molecular complexity index is 1020. The van der Waals surface area contributed by atoms with Crippen molar-refractivity contribution >= 4 is 68.1 Å². The van der Waals surface area contributed by atoms with E-state index in [0.717, 1.165) is 51.2 Å². The molecule has 1 amide bonds. The molecule has 2 aromatic rings. The average Bonchev–Trinajstić information content (AvgIpc) is 2.87. The van der Waals surface area contributed by atoms with E-state index in [1.165, 1.54) is 0 Å². The van der Waals surface area contributed by atoms with Crippen LogP contribution < -0.4 is 5.11 Å². The molecule has 1 saturated heterocycles. The van der Waals surface area contributed by atoms with Crippen LogP contribution in [0.2, 0.25) is 0 Å². The Balaban J connectivity index is 1.85. The Morgan fingerprint density at radius 3 is 2.74 bits per heavy atom. The highest BCUT2D eigenvalue weighted by molar-refractivity contribution is 9.10. The Morgan fingerprint density at radius 2 is 2.04 bits per heavy atom. The van der Waals surface area contributed by atoms with Gasteiger partial charge in [-0.2, -0.15) is 10.1 Å². The van der Waals surface area contributed by atoms with E-state index >= 15 is 0 Å². The van der Waals surface area contributed by atoms with Gasteiger partial charge in [0.05, 0.1) is 16.0 Å². The SMILES string of the molecule is O=C1/C(=C/c2cccc(Br)c2)SC(=S)N1/N=C\c1cc([N+](=O)[O-])ccc1[O-]. The highest BCUT2D eigenvalue weighted by atomic mass is 79.9. The van der Waals surface area contributed by atoms with Gasteiger partial charge in [-0.15, -0.1) is 0 Å². The molecule has 1 aliphatic rings. The molecule has 0 unspecified atom stereocenters. The molecule has 3 rings (SSSR count). The summed E-state index contributed by atoms with van der Waals surface area (Å²) in [6.45, 7) is 0. The van der Waals surface area contributed by atoms with E-state index in [0.29, 0.717) is 4.91 Å². The number of nitrogens with zero attached hydrogens (tertiary/aromatic N) is 3. The van der Waals surface area contributed by atoms with Crippen molar-refractivity contribution < 1.29 is 14.8 Å². The lowest BCUT2D eigenvalue weighted by molar-refractivity contribution is -0.385. The van der Waals surface area contributed by atoms with Crippen LogP contribution in [0.3, 0.4) is 0 Å². The van der Waals surface area contributed by atoms with Gasteiger partial charge in [0.2, 0.25) is 0 Å². The van der Waals surface area contributed by atoms with Gasteiger partial charge in [-0.05, 0) is 41.6 Å². The van der Waals surface area contributed by atoms with Gasteiger partial charge in [0.15, 0.2) is 4.32 Å². The summed E-state index contributed by atoms with van der Waals surface area (Å²) in [7, 11) is 0. The van der Waals surface area contributed by atoms with E-state index in [2.05, 4.69) is 21.0 Å². The molecule has 1 heterocycles. The van der Waals surface area contributed by atoms with Crippen LogP contribution in [0.5, 0.6) is 5.75 Å². The highest BCUT2D eigenvalue weighted by Gasteiger charge is 2.32. The second-order valence-corrected chi connectivity index (χ2v) is 7.86. The maximum atomic E-state index is 12.5. The minimum atomic E-state index is -0.614. The number of hydrogen-bond donors (Lipinski definition) is 0. The zero-order valence-corrected chi connectivity index (χ0v) is 16.6. The van der Waals surface area contributed by atoms with Crippen molar-refractivity contribution in [3.05, 3.63) is 73.1 Å². The molecule has 0 radical (unpaired) electrons. The normalized spacial score (nSPS) is 15.9. The molecule has 2 aromatic carbocycles. The molecule has 0 N–H and O–H groups in total. The van der Waals surface area contributed by atoms with Crippen molar-refractivity contribution in [2.75, 3.05) is 0 Å². The van der Waals surface area contributed by atoms with Crippen LogP contribution in [0.25, 0.3) is 6.08 Å². The van der Waals surface area contributed by atoms with Gasteiger partial charge >= 0.3 is 0 Å². The van der Waals surface area contributed by atoms with Crippen LogP contribution in [-0.2, 0) is 4.79 Å². The summed E-state index contributed by atoms with van der Waals surface area (Å²) in [6, 6.07) is 10.7. The van der Waals surface area contributed by atoms with E-state index in [1.807, 2.05) is 24.3 Å². The van der Waals surface area contributed by atoms with Crippen molar-refractivity contribution in [3.8, 4) is 5.75 Å². The van der Waals surface area contributed by atoms with Crippen LogP contribution in [0, 0.1) is 10.1 Å². The van der Waals surface area contributed by atoms with Crippen LogP contribution in [0.4, 0.5) is 5.69 Å². The van der Waals surface area contributed by atoms with Crippen molar-refractivity contribution in [3.63, 3.8) is 0 Å². The molecule has 0 spiro atoms. The summed E-state index contributed by atoms with van der Waals surface area (Å²) in [5.74, 6) is -0.876. The standard InChI is InChI=1S/C17H10BrN3O4S2/c18-12-3-1-2-10(6-12)7-15-16(23)20(17(26)27-15)19-9-11-8-13(21(24)25)4-5-14(11)22/h1-9,22H/p-1/b15-7-,19-9-. The molecule has 0 aromatic heterocycles. The number of rotatable bonds is 4. The monoisotopic (exact) mass is 462 g/mol. The lowest BCUT2D eigenvalue weighted by Crippen LogP contribution is -2.22. The van der Waals surface area contributed by atoms with Crippen molar-refractivity contribution in [1.29, 1.82) is 0 Å². The largest absolute Gasteiger partial charge is 0.872 e. The number of carbonyl (C=O) groups excluding carboxylic acids is 1. The molecule has 27 heavy (non-hydrogen) atoms. The number of non-ortho nitro benzene ring substituents is 1. The number of thioether (sulfide) groups is 1. The van der Waals surface area contributed by atoms with Gasteiger partial charge in [0, 0.05) is 16.6 Å². The second kappa shape index (κ2) is 7.99. The maximum Gasteiger partial charge on any atom is 0.286 e. The van der Waals surface area contributed by atoms with Gasteiger partial charge in [0.25, 0.3) is 11.6 Å². The number of nitro benzene ring substituents is 1. The summed E-state index contributed by atoms with van der Waals surface area (Å²) in [5, 5.41) is 27.6. The first-order valence-electron chi connectivity index (χ1n) is 7.38. The third-order valence-electron chi connectivity index (χ3n) is 3.44. The first kappa shape index (κ1) is 19.2. The number of carbonyl (C=O) groups is 1. The van der Waals surface area contributed by atoms with E-state index in [-0.39, 0.29) is 15.6 Å². The molecule has 136 valence electrons. The average molecular weight is 463 g/mol. The van der Waals surface area contributed by atoms with Gasteiger partial charge < -0.3 is 5.11 Å². The summed E-state index contributed by atoms with van der Waals surface area (Å²) in [5.41, 5.74) is 0.569. The quantitative estimate of drug-likeness (QED) is 0.226. The predicted octanol–water partition coefficient (Wildman–Crippen LogP) is 3.67. The fourth-order valence-corrected chi connectivity index (χ4v) is 3.77. The number of benzene rings is 2. The van der Waals surface area contributed by atoms with E-state index in [4.69, 9.17) is 12.2 Å². The van der Waals surface area contributed by atoms with Crippen LogP contribution >= 0.6 is 39.9 Å². The fraction of sp³-hybridized carbons (Fsp3) is 0. The number of hydrazone groups is 1. The highest BCUT2D eigenvalue weighted by Crippen LogP contribution is 2.33. The van der Waals surface area contributed by atoms with Crippen LogP contribution in [0.15, 0.2) is 56.9 Å². The number of nitro groups is 1. The summed E-state index contributed by atoms with van der Waals surface area (Å²) < 4.78 is 1.08. The second-order valence-electron chi connectivity index (χ2n) is 5.27. The van der Waals surface area contributed by atoms with Gasteiger partial charge in [-0.3, -0.25) is 14.9 Å². The Kier molecular flexibility index (Phi) is 5.68. The van der Waals surface area contributed by atoms with E-state index in [1.54, 1.807) is 6.08 Å². The topological polar surface area (TPSA) is 98.9 Å². The van der Waals surface area contributed by atoms with Crippen LogP contribution in [-0.4, -0.2) is 26.4 Å². The molecule has 1 fully saturated rings. The van der Waals surface area contributed by atoms with Gasteiger partial charge in [-0.1, -0.05) is 51.6 Å². The third-order valence-corrected chi connectivity index (χ3v) is 5.21. The number of halogens is 1. The van der Waals surface area contributed by atoms with Crippen molar-refractivity contribution in [2.24, 2.45) is 5.10 Å². The molecular weight excluding hydrogens is 454 g/mol. The first-order chi connectivity index (χ1) is 12.8. The molecule has 0 atom stereocenters. The zero-order valence-electron chi connectivity index (χ0n) is 13.4. The molecule has 0 saturated carbocycles. The Labute approximate surface area is 171 Å². The van der Waals surface area contributed by atoms with Crippen molar-refractivity contribution in [2.45, 2.75) is 0 Å². The minimum Gasteiger partial charge on any atom is -0.872 e.